The van der Waals surface area contributed by atoms with Crippen molar-refractivity contribution in [2.75, 3.05) is 13.7 Å². The second-order valence-corrected chi connectivity index (χ2v) is 6.96. The van der Waals surface area contributed by atoms with Crippen LogP contribution in [0.5, 0.6) is 11.5 Å². The van der Waals surface area contributed by atoms with Crippen molar-refractivity contribution < 1.29 is 28.7 Å². The topological polar surface area (TPSA) is 105 Å². The second-order valence-electron chi connectivity index (χ2n) is 6.96. The van der Waals surface area contributed by atoms with Crippen LogP contribution < -0.4 is 9.47 Å². The Labute approximate surface area is 173 Å². The van der Waals surface area contributed by atoms with Gasteiger partial charge in [-0.05, 0) is 50.3 Å². The van der Waals surface area contributed by atoms with Crippen molar-refractivity contribution in [3.63, 3.8) is 0 Å². The highest BCUT2D eigenvalue weighted by Crippen LogP contribution is 2.35. The van der Waals surface area contributed by atoms with Gasteiger partial charge in [0, 0.05) is 11.6 Å². The number of hydrogen-bond acceptors (Lipinski definition) is 7. The predicted molar refractivity (Wildman–Crippen MR) is 108 cm³/mol. The summed E-state index contributed by atoms with van der Waals surface area (Å²) in [6.45, 7) is 3.44. The molecule has 0 aromatic heterocycles. The molecule has 0 radical (unpaired) electrons. The summed E-state index contributed by atoms with van der Waals surface area (Å²) in [5.41, 5.74) is 2.02. The zero-order valence-corrected chi connectivity index (χ0v) is 17.1. The van der Waals surface area contributed by atoms with Crippen molar-refractivity contribution in [1.29, 1.82) is 0 Å². The Bertz CT molecular complexity index is 999. The Balaban J connectivity index is 1.83. The first-order valence-corrected chi connectivity index (χ1v) is 9.71. The van der Waals surface area contributed by atoms with Gasteiger partial charge in [-0.25, -0.2) is 4.79 Å². The first-order valence-electron chi connectivity index (χ1n) is 9.71. The number of hydrogen-bond donors (Lipinski definition) is 0. The second kappa shape index (κ2) is 8.94. The van der Waals surface area contributed by atoms with Crippen molar-refractivity contribution in [2.45, 2.75) is 39.2 Å². The minimum absolute atomic E-state index is 0.144. The van der Waals surface area contributed by atoms with Crippen LogP contribution in [0.25, 0.3) is 0 Å². The van der Waals surface area contributed by atoms with E-state index in [1.807, 2.05) is 12.1 Å². The fourth-order valence-electron chi connectivity index (χ4n) is 3.53. The van der Waals surface area contributed by atoms with E-state index in [1.54, 1.807) is 13.0 Å². The van der Waals surface area contributed by atoms with Gasteiger partial charge in [-0.3, -0.25) is 14.9 Å². The molecule has 8 heteroatoms. The lowest BCUT2D eigenvalue weighted by Gasteiger charge is -2.15. The molecule has 0 saturated heterocycles. The highest BCUT2D eigenvalue weighted by molar-refractivity contribution is 6.02. The monoisotopic (exact) mass is 413 g/mol. The number of nitrogens with zero attached hydrogens (tertiary/aromatic N) is 1. The molecule has 0 bridgehead atoms. The van der Waals surface area contributed by atoms with Crippen molar-refractivity contribution >= 4 is 17.4 Å². The van der Waals surface area contributed by atoms with Crippen LogP contribution in [0.4, 0.5) is 5.69 Å². The van der Waals surface area contributed by atoms with Gasteiger partial charge in [-0.15, -0.1) is 0 Å². The highest BCUT2D eigenvalue weighted by atomic mass is 16.6. The van der Waals surface area contributed by atoms with Gasteiger partial charge in [0.1, 0.15) is 5.56 Å². The minimum Gasteiger partial charge on any atom is -0.493 e. The molecule has 0 fully saturated rings. The summed E-state index contributed by atoms with van der Waals surface area (Å²) in [6.07, 6.45) is 1.87. The van der Waals surface area contributed by atoms with E-state index in [9.17, 15) is 19.7 Å². The van der Waals surface area contributed by atoms with Crippen molar-refractivity contribution in [3.8, 4) is 11.5 Å². The number of fused-ring (bicyclic) bond motifs is 1. The van der Waals surface area contributed by atoms with E-state index in [-0.39, 0.29) is 29.5 Å². The lowest BCUT2D eigenvalue weighted by Crippen LogP contribution is -2.25. The van der Waals surface area contributed by atoms with Crippen LogP contribution in [0.3, 0.4) is 0 Å². The molecule has 8 nitrogen and oxygen atoms in total. The van der Waals surface area contributed by atoms with E-state index in [4.69, 9.17) is 14.2 Å². The Morgan fingerprint density at radius 2 is 1.87 bits per heavy atom. The summed E-state index contributed by atoms with van der Waals surface area (Å²) in [5, 5.41) is 11.5. The van der Waals surface area contributed by atoms with Gasteiger partial charge in [0.15, 0.2) is 17.6 Å². The normalized spacial score (nSPS) is 13.3. The Morgan fingerprint density at radius 3 is 2.53 bits per heavy atom. The van der Waals surface area contributed by atoms with Gasteiger partial charge in [-0.1, -0.05) is 12.1 Å². The summed E-state index contributed by atoms with van der Waals surface area (Å²) in [5.74, 6) is -1.04. The highest BCUT2D eigenvalue weighted by Gasteiger charge is 2.29. The number of nitro benzene ring substituents is 1. The fourth-order valence-corrected chi connectivity index (χ4v) is 3.53. The standard InChI is InChI=1S/C22H23NO7/c1-4-29-20-12-18(23(26)27)17(11-19(20)28-3)22(25)30-13(2)21(24)16-9-8-14-6-5-7-15(14)10-16/h8-13H,4-7H2,1-3H3/t13-/m1/s1. The number of carbonyl (C=O) groups is 2. The number of benzene rings is 2. The van der Waals surface area contributed by atoms with Crippen molar-refractivity contribution in [1.82, 2.24) is 0 Å². The Morgan fingerprint density at radius 1 is 1.13 bits per heavy atom. The SMILES string of the molecule is CCOc1cc([N+](=O)[O-])c(C(=O)O[C@H](C)C(=O)c2ccc3c(c2)CCC3)cc1OC. The quantitative estimate of drug-likeness (QED) is 0.279. The third-order valence-corrected chi connectivity index (χ3v) is 5.03. The first kappa shape index (κ1) is 21.3. The molecule has 2 aromatic carbocycles. The van der Waals surface area contributed by atoms with Crippen LogP contribution >= 0.6 is 0 Å². The van der Waals surface area contributed by atoms with Gasteiger partial charge >= 0.3 is 5.97 Å². The van der Waals surface area contributed by atoms with Gasteiger partial charge in [-0.2, -0.15) is 0 Å². The van der Waals surface area contributed by atoms with E-state index in [0.29, 0.717) is 5.56 Å². The van der Waals surface area contributed by atoms with Crippen LogP contribution in [0.15, 0.2) is 30.3 Å². The van der Waals surface area contributed by atoms with Crippen LogP contribution in [-0.2, 0) is 17.6 Å². The number of esters is 1. The van der Waals surface area contributed by atoms with Crippen LogP contribution in [0.1, 0.15) is 52.1 Å². The lowest BCUT2D eigenvalue weighted by molar-refractivity contribution is -0.385. The van der Waals surface area contributed by atoms with Crippen LogP contribution in [-0.4, -0.2) is 36.5 Å². The molecule has 1 atom stereocenters. The number of aryl methyl sites for hydroxylation is 2. The van der Waals surface area contributed by atoms with Crippen LogP contribution in [0.2, 0.25) is 0 Å². The molecule has 30 heavy (non-hydrogen) atoms. The number of ketones is 1. The number of ether oxygens (including phenoxy) is 3. The summed E-state index contributed by atoms with van der Waals surface area (Å²) in [4.78, 5) is 36.2. The zero-order valence-electron chi connectivity index (χ0n) is 17.1. The van der Waals surface area contributed by atoms with Crippen LogP contribution in [0, 0.1) is 10.1 Å². The molecule has 0 saturated carbocycles. The molecule has 0 N–H and O–H groups in total. The molecule has 0 unspecified atom stereocenters. The van der Waals surface area contributed by atoms with Gasteiger partial charge in [0.25, 0.3) is 5.69 Å². The smallest absolute Gasteiger partial charge is 0.346 e. The molecular formula is C22H23NO7. The number of Topliss-reactive ketones (excluding diaryl/α,β-unsaturated/α-hetero) is 1. The molecule has 0 amide bonds. The maximum atomic E-state index is 12.7. The zero-order chi connectivity index (χ0) is 21.8. The number of nitro groups is 1. The number of rotatable bonds is 8. The van der Waals surface area contributed by atoms with E-state index in [2.05, 4.69) is 0 Å². The Kier molecular flexibility index (Phi) is 6.34. The lowest BCUT2D eigenvalue weighted by atomic mass is 10.0. The summed E-state index contributed by atoms with van der Waals surface area (Å²) in [6, 6.07) is 7.78. The molecule has 1 aliphatic rings. The molecule has 0 spiro atoms. The third kappa shape index (κ3) is 4.27. The van der Waals surface area contributed by atoms with Crippen molar-refractivity contribution in [2.24, 2.45) is 0 Å². The number of methoxy groups -OCH3 is 1. The first-order chi connectivity index (χ1) is 14.3. The van der Waals surface area contributed by atoms with Gasteiger partial charge in [0.05, 0.1) is 24.7 Å². The molecule has 2 aromatic rings. The Hall–Kier alpha value is -3.42. The molecule has 0 heterocycles. The molecule has 3 rings (SSSR count). The average Bonchev–Trinajstić information content (AvgIpc) is 3.20. The number of carbonyl (C=O) groups excluding carboxylic acids is 2. The summed E-state index contributed by atoms with van der Waals surface area (Å²) >= 11 is 0. The maximum absolute atomic E-state index is 12.7. The third-order valence-electron chi connectivity index (χ3n) is 5.03. The van der Waals surface area contributed by atoms with E-state index < -0.39 is 22.7 Å². The average molecular weight is 413 g/mol. The van der Waals surface area contributed by atoms with E-state index in [1.165, 1.54) is 25.7 Å². The van der Waals surface area contributed by atoms with Gasteiger partial charge < -0.3 is 14.2 Å². The predicted octanol–water partition coefficient (Wildman–Crippen LogP) is 3.92. The summed E-state index contributed by atoms with van der Waals surface area (Å²) in [7, 11) is 1.36. The van der Waals surface area contributed by atoms with E-state index >= 15 is 0 Å². The largest absolute Gasteiger partial charge is 0.493 e. The van der Waals surface area contributed by atoms with E-state index in [0.717, 1.165) is 30.9 Å². The minimum atomic E-state index is -1.10. The summed E-state index contributed by atoms with van der Waals surface area (Å²) < 4.78 is 15.8. The molecule has 0 aliphatic heterocycles. The molecule has 1 aliphatic carbocycles. The fraction of sp³-hybridized carbons (Fsp3) is 0.364. The molecular weight excluding hydrogens is 390 g/mol. The van der Waals surface area contributed by atoms with Crippen molar-refractivity contribution in [3.05, 3.63) is 62.7 Å². The maximum Gasteiger partial charge on any atom is 0.346 e. The molecule has 158 valence electrons. The van der Waals surface area contributed by atoms with Gasteiger partial charge in [0.2, 0.25) is 5.78 Å².